The topological polar surface area (TPSA) is 110 Å². The van der Waals surface area contributed by atoms with Gasteiger partial charge in [0.15, 0.2) is 0 Å². The molecule has 1 heterocycles. The minimum absolute atomic E-state index is 0.0332. The molecule has 33 heavy (non-hydrogen) atoms. The minimum Gasteiger partial charge on any atom is -0.495 e. The monoisotopic (exact) mass is 475 g/mol. The lowest BCUT2D eigenvalue weighted by Gasteiger charge is -2.26. The molecule has 1 atom stereocenters. The van der Waals surface area contributed by atoms with Gasteiger partial charge in [0.05, 0.1) is 18.1 Å². The first-order chi connectivity index (χ1) is 15.7. The Kier molecular flexibility index (Phi) is 7.70. The Morgan fingerprint density at radius 1 is 1.12 bits per heavy atom. The second kappa shape index (κ2) is 10.3. The molecule has 0 aromatic heterocycles. The van der Waals surface area contributed by atoms with Crippen molar-refractivity contribution in [3.8, 4) is 5.75 Å². The molecule has 1 aliphatic heterocycles. The molecule has 1 amide bonds. The van der Waals surface area contributed by atoms with Crippen molar-refractivity contribution in [3.05, 3.63) is 63.7 Å². The van der Waals surface area contributed by atoms with E-state index < -0.39 is 26.9 Å². The van der Waals surface area contributed by atoms with Crippen LogP contribution in [0, 0.1) is 10.1 Å². The first-order valence-electron chi connectivity index (χ1n) is 10.9. The first kappa shape index (κ1) is 24.7. The van der Waals surface area contributed by atoms with Crippen molar-refractivity contribution in [1.29, 1.82) is 0 Å². The van der Waals surface area contributed by atoms with Crippen molar-refractivity contribution in [2.24, 2.45) is 0 Å². The SMILES string of the molecule is COc1ccc(C(=O)N(C)C(C)c2cccc([N+](=O)[O-])c2)cc1S(=O)(=O)N1CCCCCC1. The Morgan fingerprint density at radius 3 is 2.39 bits per heavy atom. The third-order valence-electron chi connectivity index (χ3n) is 6.06. The number of carbonyl (C=O) groups is 1. The molecular weight excluding hydrogens is 446 g/mol. The van der Waals surface area contributed by atoms with Gasteiger partial charge in [0.1, 0.15) is 10.6 Å². The summed E-state index contributed by atoms with van der Waals surface area (Å²) in [6.45, 7) is 2.64. The van der Waals surface area contributed by atoms with Gasteiger partial charge in [-0.05, 0) is 43.5 Å². The van der Waals surface area contributed by atoms with E-state index in [1.165, 1.54) is 46.6 Å². The number of benzene rings is 2. The highest BCUT2D eigenvalue weighted by atomic mass is 32.2. The second-order valence-corrected chi connectivity index (χ2v) is 10.0. The molecule has 0 saturated carbocycles. The van der Waals surface area contributed by atoms with E-state index in [0.717, 1.165) is 25.7 Å². The van der Waals surface area contributed by atoms with Crippen LogP contribution < -0.4 is 4.74 Å². The van der Waals surface area contributed by atoms with E-state index in [1.807, 2.05) is 0 Å². The van der Waals surface area contributed by atoms with Crippen molar-refractivity contribution in [2.75, 3.05) is 27.2 Å². The summed E-state index contributed by atoms with van der Waals surface area (Å²) < 4.78 is 33.5. The average Bonchev–Trinajstić information content (AvgIpc) is 3.12. The average molecular weight is 476 g/mol. The van der Waals surface area contributed by atoms with Crippen LogP contribution in [-0.2, 0) is 10.0 Å². The summed E-state index contributed by atoms with van der Waals surface area (Å²) in [4.78, 5) is 25.2. The van der Waals surface area contributed by atoms with Gasteiger partial charge in [0.25, 0.3) is 11.6 Å². The quantitative estimate of drug-likeness (QED) is 0.442. The lowest BCUT2D eigenvalue weighted by Crippen LogP contribution is -2.33. The van der Waals surface area contributed by atoms with E-state index >= 15 is 0 Å². The number of methoxy groups -OCH3 is 1. The molecule has 0 radical (unpaired) electrons. The molecule has 0 N–H and O–H groups in total. The Labute approximate surface area is 194 Å². The standard InChI is InChI=1S/C23H29N3O6S/c1-17(18-9-8-10-20(15-18)26(28)29)24(2)23(27)19-11-12-21(32-3)22(16-19)33(30,31)25-13-6-4-5-7-14-25/h8-12,15-17H,4-7,13-14H2,1-3H3. The Bertz CT molecular complexity index is 1130. The number of amides is 1. The molecule has 3 rings (SSSR count). The fraction of sp³-hybridized carbons (Fsp3) is 0.435. The van der Waals surface area contributed by atoms with Gasteiger partial charge in [0, 0.05) is 37.8 Å². The summed E-state index contributed by atoms with van der Waals surface area (Å²) in [5, 5.41) is 11.1. The lowest BCUT2D eigenvalue weighted by atomic mass is 10.1. The van der Waals surface area contributed by atoms with Gasteiger partial charge in [-0.3, -0.25) is 14.9 Å². The predicted molar refractivity (Wildman–Crippen MR) is 124 cm³/mol. The van der Waals surface area contributed by atoms with Crippen LogP contribution in [0.2, 0.25) is 0 Å². The van der Waals surface area contributed by atoms with Crippen molar-refractivity contribution in [2.45, 2.75) is 43.5 Å². The molecule has 2 aromatic carbocycles. The largest absolute Gasteiger partial charge is 0.495 e. The number of hydrogen-bond acceptors (Lipinski definition) is 6. The molecule has 1 saturated heterocycles. The van der Waals surface area contributed by atoms with Crippen LogP contribution in [-0.4, -0.2) is 55.7 Å². The van der Waals surface area contributed by atoms with Crippen LogP contribution in [0.4, 0.5) is 5.69 Å². The molecule has 178 valence electrons. The van der Waals surface area contributed by atoms with Gasteiger partial charge in [-0.15, -0.1) is 0 Å². The smallest absolute Gasteiger partial charge is 0.269 e. The first-order valence-corrected chi connectivity index (χ1v) is 12.3. The number of rotatable bonds is 7. The number of nitro benzene ring substituents is 1. The summed E-state index contributed by atoms with van der Waals surface area (Å²) >= 11 is 0. The van der Waals surface area contributed by atoms with Crippen LogP contribution in [0.5, 0.6) is 5.75 Å². The minimum atomic E-state index is -3.83. The van der Waals surface area contributed by atoms with Crippen molar-refractivity contribution < 1.29 is 22.9 Å². The highest BCUT2D eigenvalue weighted by Crippen LogP contribution is 2.31. The Balaban J connectivity index is 1.92. The maximum absolute atomic E-state index is 13.4. The lowest BCUT2D eigenvalue weighted by molar-refractivity contribution is -0.384. The molecule has 0 bridgehead atoms. The fourth-order valence-electron chi connectivity index (χ4n) is 3.93. The zero-order valence-electron chi connectivity index (χ0n) is 19.1. The highest BCUT2D eigenvalue weighted by molar-refractivity contribution is 7.89. The van der Waals surface area contributed by atoms with E-state index in [9.17, 15) is 23.3 Å². The van der Waals surface area contributed by atoms with Crippen LogP contribution in [0.25, 0.3) is 0 Å². The number of sulfonamides is 1. The van der Waals surface area contributed by atoms with Crippen molar-refractivity contribution >= 4 is 21.6 Å². The van der Waals surface area contributed by atoms with E-state index in [4.69, 9.17) is 4.74 Å². The summed E-state index contributed by atoms with van der Waals surface area (Å²) in [6, 6.07) is 10.0. The van der Waals surface area contributed by atoms with E-state index in [1.54, 1.807) is 26.1 Å². The van der Waals surface area contributed by atoms with E-state index in [-0.39, 0.29) is 21.9 Å². The Morgan fingerprint density at radius 2 is 1.79 bits per heavy atom. The summed E-state index contributed by atoms with van der Waals surface area (Å²) in [7, 11) is -0.855. The van der Waals surface area contributed by atoms with E-state index in [0.29, 0.717) is 18.7 Å². The predicted octanol–water partition coefficient (Wildman–Crippen LogP) is 4.00. The van der Waals surface area contributed by atoms with Crippen molar-refractivity contribution in [3.63, 3.8) is 0 Å². The van der Waals surface area contributed by atoms with Crippen LogP contribution in [0.3, 0.4) is 0 Å². The van der Waals surface area contributed by atoms with Gasteiger partial charge in [-0.25, -0.2) is 8.42 Å². The molecule has 1 aliphatic rings. The van der Waals surface area contributed by atoms with Gasteiger partial charge < -0.3 is 9.64 Å². The molecule has 0 spiro atoms. The summed E-state index contributed by atoms with van der Waals surface area (Å²) in [6.07, 6.45) is 3.57. The molecule has 10 heteroatoms. The number of hydrogen-bond donors (Lipinski definition) is 0. The van der Waals surface area contributed by atoms with Crippen LogP contribution >= 0.6 is 0 Å². The zero-order valence-corrected chi connectivity index (χ0v) is 19.9. The number of ether oxygens (including phenoxy) is 1. The summed E-state index contributed by atoms with van der Waals surface area (Å²) in [5.41, 5.74) is 0.741. The van der Waals surface area contributed by atoms with Gasteiger partial charge in [-0.2, -0.15) is 4.31 Å². The van der Waals surface area contributed by atoms with Gasteiger partial charge >= 0.3 is 0 Å². The molecule has 2 aromatic rings. The third-order valence-corrected chi connectivity index (χ3v) is 7.98. The fourth-order valence-corrected chi connectivity index (χ4v) is 5.63. The number of nitrogens with zero attached hydrogens (tertiary/aromatic N) is 3. The third kappa shape index (κ3) is 5.33. The van der Waals surface area contributed by atoms with E-state index in [2.05, 4.69) is 0 Å². The maximum Gasteiger partial charge on any atom is 0.269 e. The number of non-ortho nitro benzene ring substituents is 1. The number of nitro groups is 1. The molecule has 9 nitrogen and oxygen atoms in total. The number of carbonyl (C=O) groups excluding carboxylic acids is 1. The Hall–Kier alpha value is -2.98. The van der Waals surface area contributed by atoms with Gasteiger partial charge in [-0.1, -0.05) is 25.0 Å². The zero-order chi connectivity index (χ0) is 24.2. The normalized spacial score (nSPS) is 16.0. The van der Waals surface area contributed by atoms with Crippen LogP contribution in [0.1, 0.15) is 54.6 Å². The highest BCUT2D eigenvalue weighted by Gasteiger charge is 2.30. The van der Waals surface area contributed by atoms with Crippen molar-refractivity contribution in [1.82, 2.24) is 9.21 Å². The summed E-state index contributed by atoms with van der Waals surface area (Å²) in [5.74, 6) is -0.214. The van der Waals surface area contributed by atoms with Gasteiger partial charge in [0.2, 0.25) is 10.0 Å². The van der Waals surface area contributed by atoms with Crippen LogP contribution in [0.15, 0.2) is 47.4 Å². The molecule has 1 fully saturated rings. The molecule has 1 unspecified atom stereocenters. The maximum atomic E-state index is 13.4. The second-order valence-electron chi connectivity index (χ2n) is 8.13. The molecule has 0 aliphatic carbocycles. The molecular formula is C23H29N3O6S.